The standard InChI is InChI=1S/C17H18O4/c1-4-21-14-8-6-5-7-13(14)15-12(10-18)9-11(2)16(19)17(15)20-3/h5-10,19H,4H2,1-3H3. The second-order valence-electron chi connectivity index (χ2n) is 4.59. The van der Waals surface area contributed by atoms with Crippen molar-refractivity contribution in [3.8, 4) is 28.4 Å². The lowest BCUT2D eigenvalue weighted by atomic mass is 9.95. The van der Waals surface area contributed by atoms with Crippen molar-refractivity contribution in [1.29, 1.82) is 0 Å². The van der Waals surface area contributed by atoms with Crippen molar-refractivity contribution in [2.75, 3.05) is 13.7 Å². The third-order valence-electron chi connectivity index (χ3n) is 3.26. The van der Waals surface area contributed by atoms with Gasteiger partial charge in [-0.2, -0.15) is 0 Å². The number of ether oxygens (including phenoxy) is 2. The number of carbonyl (C=O) groups is 1. The molecule has 0 unspecified atom stereocenters. The molecule has 0 fully saturated rings. The van der Waals surface area contributed by atoms with Crippen molar-refractivity contribution in [2.45, 2.75) is 13.8 Å². The van der Waals surface area contributed by atoms with Gasteiger partial charge in [-0.3, -0.25) is 4.79 Å². The summed E-state index contributed by atoms with van der Waals surface area (Å²) in [5.41, 5.74) is 2.30. The summed E-state index contributed by atoms with van der Waals surface area (Å²) >= 11 is 0. The van der Waals surface area contributed by atoms with Gasteiger partial charge in [-0.1, -0.05) is 18.2 Å². The Bertz CT molecular complexity index is 662. The molecule has 0 saturated carbocycles. The molecule has 0 radical (unpaired) electrons. The van der Waals surface area contributed by atoms with E-state index in [1.165, 1.54) is 7.11 Å². The second-order valence-corrected chi connectivity index (χ2v) is 4.59. The number of hydrogen-bond acceptors (Lipinski definition) is 4. The minimum absolute atomic E-state index is 0.0319. The van der Waals surface area contributed by atoms with Crippen LogP contribution in [0.15, 0.2) is 30.3 Å². The lowest BCUT2D eigenvalue weighted by Crippen LogP contribution is -1.99. The Morgan fingerprint density at radius 1 is 1.29 bits per heavy atom. The molecule has 0 aliphatic heterocycles. The molecule has 4 heteroatoms. The fraction of sp³-hybridized carbons (Fsp3) is 0.235. The summed E-state index contributed by atoms with van der Waals surface area (Å²) in [6.07, 6.45) is 0.757. The molecule has 110 valence electrons. The highest BCUT2D eigenvalue weighted by Gasteiger charge is 2.20. The highest BCUT2D eigenvalue weighted by molar-refractivity contribution is 5.94. The number of phenols is 1. The third kappa shape index (κ3) is 2.70. The number of aromatic hydroxyl groups is 1. The first-order chi connectivity index (χ1) is 10.1. The Labute approximate surface area is 123 Å². The zero-order valence-electron chi connectivity index (χ0n) is 12.3. The average molecular weight is 286 g/mol. The van der Waals surface area contributed by atoms with Crippen molar-refractivity contribution >= 4 is 6.29 Å². The summed E-state index contributed by atoms with van der Waals surface area (Å²) in [5.74, 6) is 0.957. The van der Waals surface area contributed by atoms with Gasteiger partial charge in [-0.05, 0) is 31.5 Å². The van der Waals surface area contributed by atoms with Crippen LogP contribution in [0.25, 0.3) is 11.1 Å². The molecule has 0 spiro atoms. The van der Waals surface area contributed by atoms with Crippen LogP contribution < -0.4 is 9.47 Å². The van der Waals surface area contributed by atoms with E-state index in [4.69, 9.17) is 9.47 Å². The molecule has 0 aliphatic rings. The molecular formula is C17H18O4. The van der Waals surface area contributed by atoms with Gasteiger partial charge in [0, 0.05) is 16.7 Å². The first-order valence-corrected chi connectivity index (χ1v) is 6.71. The fourth-order valence-electron chi connectivity index (χ4n) is 2.33. The molecular weight excluding hydrogens is 268 g/mol. The van der Waals surface area contributed by atoms with Gasteiger partial charge in [0.2, 0.25) is 0 Å². The Hall–Kier alpha value is -2.49. The molecule has 0 heterocycles. The maximum absolute atomic E-state index is 11.4. The van der Waals surface area contributed by atoms with E-state index in [2.05, 4.69) is 0 Å². The monoisotopic (exact) mass is 286 g/mol. The minimum atomic E-state index is 0.0319. The smallest absolute Gasteiger partial charge is 0.169 e. The zero-order valence-corrected chi connectivity index (χ0v) is 12.3. The maximum Gasteiger partial charge on any atom is 0.169 e. The van der Waals surface area contributed by atoms with Crippen molar-refractivity contribution in [3.05, 3.63) is 41.5 Å². The number of aldehydes is 1. The Morgan fingerprint density at radius 3 is 2.62 bits per heavy atom. The first-order valence-electron chi connectivity index (χ1n) is 6.71. The predicted octanol–water partition coefficient (Wildman–Crippen LogP) is 3.59. The lowest BCUT2D eigenvalue weighted by Gasteiger charge is -2.17. The first kappa shape index (κ1) is 14.9. The fourth-order valence-corrected chi connectivity index (χ4v) is 2.33. The molecule has 0 atom stereocenters. The number of para-hydroxylation sites is 1. The highest BCUT2D eigenvalue weighted by atomic mass is 16.5. The van der Waals surface area contributed by atoms with Crippen molar-refractivity contribution in [2.24, 2.45) is 0 Å². The number of benzene rings is 2. The molecule has 0 saturated heterocycles. The molecule has 21 heavy (non-hydrogen) atoms. The summed E-state index contributed by atoms with van der Waals surface area (Å²) in [6.45, 7) is 4.12. The van der Waals surface area contributed by atoms with Crippen molar-refractivity contribution in [1.82, 2.24) is 0 Å². The Balaban J connectivity index is 2.79. The quantitative estimate of drug-likeness (QED) is 0.853. The van der Waals surface area contributed by atoms with E-state index in [0.29, 0.717) is 34.6 Å². The van der Waals surface area contributed by atoms with Gasteiger partial charge in [0.05, 0.1) is 13.7 Å². The van der Waals surface area contributed by atoms with E-state index in [9.17, 15) is 9.90 Å². The van der Waals surface area contributed by atoms with E-state index in [1.807, 2.05) is 31.2 Å². The van der Waals surface area contributed by atoms with Gasteiger partial charge in [-0.15, -0.1) is 0 Å². The molecule has 0 aliphatic carbocycles. The highest BCUT2D eigenvalue weighted by Crippen LogP contribution is 2.44. The maximum atomic E-state index is 11.4. The van der Waals surface area contributed by atoms with Gasteiger partial charge >= 0.3 is 0 Å². The number of hydrogen-bond donors (Lipinski definition) is 1. The van der Waals surface area contributed by atoms with Crippen molar-refractivity contribution < 1.29 is 19.4 Å². The molecule has 2 aromatic rings. The summed E-state index contributed by atoms with van der Waals surface area (Å²) in [6, 6.07) is 9.01. The molecule has 4 nitrogen and oxygen atoms in total. The van der Waals surface area contributed by atoms with Crippen molar-refractivity contribution in [3.63, 3.8) is 0 Å². The van der Waals surface area contributed by atoms with E-state index in [0.717, 1.165) is 6.29 Å². The second kappa shape index (κ2) is 6.31. The molecule has 1 N–H and O–H groups in total. The minimum Gasteiger partial charge on any atom is -0.504 e. The van der Waals surface area contributed by atoms with Crippen LogP contribution in [-0.2, 0) is 0 Å². The topological polar surface area (TPSA) is 55.8 Å². The largest absolute Gasteiger partial charge is 0.504 e. The number of phenolic OH excluding ortho intramolecular Hbond substituents is 1. The molecule has 0 aromatic heterocycles. The SMILES string of the molecule is CCOc1ccccc1-c1c(C=O)cc(C)c(O)c1OC. The van der Waals surface area contributed by atoms with Crippen LogP contribution in [0, 0.1) is 6.92 Å². The summed E-state index contributed by atoms with van der Waals surface area (Å²) in [4.78, 5) is 11.4. The summed E-state index contributed by atoms with van der Waals surface area (Å²) in [7, 11) is 1.47. The number of rotatable bonds is 5. The molecule has 2 aromatic carbocycles. The van der Waals surface area contributed by atoms with Crippen LogP contribution in [0.4, 0.5) is 0 Å². The lowest BCUT2D eigenvalue weighted by molar-refractivity contribution is 0.112. The number of methoxy groups -OCH3 is 1. The van der Waals surface area contributed by atoms with Crippen LogP contribution >= 0.6 is 0 Å². The molecule has 2 rings (SSSR count). The van der Waals surface area contributed by atoms with E-state index < -0.39 is 0 Å². The molecule has 0 bridgehead atoms. The van der Waals surface area contributed by atoms with Crippen LogP contribution in [0.5, 0.6) is 17.2 Å². The molecule has 0 amide bonds. The third-order valence-corrected chi connectivity index (χ3v) is 3.26. The summed E-state index contributed by atoms with van der Waals surface area (Å²) in [5, 5.41) is 10.2. The van der Waals surface area contributed by atoms with Crippen LogP contribution in [0.1, 0.15) is 22.8 Å². The van der Waals surface area contributed by atoms with Gasteiger partial charge in [0.1, 0.15) is 5.75 Å². The zero-order chi connectivity index (χ0) is 15.4. The number of carbonyl (C=O) groups excluding carboxylic acids is 1. The Morgan fingerprint density at radius 2 is 2.00 bits per heavy atom. The predicted molar refractivity (Wildman–Crippen MR) is 81.4 cm³/mol. The summed E-state index contributed by atoms with van der Waals surface area (Å²) < 4.78 is 10.9. The van der Waals surface area contributed by atoms with E-state index >= 15 is 0 Å². The van der Waals surface area contributed by atoms with Crippen LogP contribution in [-0.4, -0.2) is 25.1 Å². The van der Waals surface area contributed by atoms with Crippen LogP contribution in [0.3, 0.4) is 0 Å². The van der Waals surface area contributed by atoms with Gasteiger partial charge in [-0.25, -0.2) is 0 Å². The van der Waals surface area contributed by atoms with Crippen LogP contribution in [0.2, 0.25) is 0 Å². The average Bonchev–Trinajstić information content (AvgIpc) is 2.50. The normalized spacial score (nSPS) is 10.2. The Kier molecular flexibility index (Phi) is 4.48. The van der Waals surface area contributed by atoms with Gasteiger partial charge < -0.3 is 14.6 Å². The number of aryl methyl sites for hydroxylation is 1. The van der Waals surface area contributed by atoms with Gasteiger partial charge in [0.25, 0.3) is 0 Å². The van der Waals surface area contributed by atoms with E-state index in [1.54, 1.807) is 13.0 Å². The van der Waals surface area contributed by atoms with E-state index in [-0.39, 0.29) is 11.5 Å². The van der Waals surface area contributed by atoms with Gasteiger partial charge in [0.15, 0.2) is 17.8 Å².